The lowest BCUT2D eigenvalue weighted by molar-refractivity contribution is -0.132. The second-order valence-corrected chi connectivity index (χ2v) is 6.47. The van der Waals surface area contributed by atoms with Crippen molar-refractivity contribution in [3.05, 3.63) is 34.9 Å². The van der Waals surface area contributed by atoms with E-state index in [1.165, 1.54) is 0 Å². The summed E-state index contributed by atoms with van der Waals surface area (Å²) < 4.78 is 5.67. The molecule has 3 N–H and O–H groups in total. The van der Waals surface area contributed by atoms with E-state index in [1.54, 1.807) is 0 Å². The Morgan fingerprint density at radius 1 is 1.38 bits per heavy atom. The van der Waals surface area contributed by atoms with Crippen LogP contribution in [-0.2, 0) is 9.53 Å². The molecule has 0 aliphatic carbocycles. The van der Waals surface area contributed by atoms with Crippen LogP contribution in [0.1, 0.15) is 38.3 Å². The number of nitrogens with two attached hydrogens (primary N) is 1. The Balaban J connectivity index is 2.04. The van der Waals surface area contributed by atoms with Crippen LogP contribution in [0.4, 0.5) is 0 Å². The Bertz CT molecular complexity index is 537. The average molecular weight is 354 g/mol. The number of carbonyl (C=O) groups is 1. The first-order valence-electron chi connectivity index (χ1n) is 8.72. The van der Waals surface area contributed by atoms with Gasteiger partial charge in [-0.1, -0.05) is 43.6 Å². The van der Waals surface area contributed by atoms with Crippen molar-refractivity contribution in [3.8, 4) is 0 Å². The Labute approximate surface area is 149 Å². The van der Waals surface area contributed by atoms with Gasteiger partial charge in [0.25, 0.3) is 0 Å². The Hall–Kier alpha value is -1.14. The third-order valence-corrected chi connectivity index (χ3v) is 4.99. The third-order valence-electron chi connectivity index (χ3n) is 4.65. The quantitative estimate of drug-likeness (QED) is 0.752. The van der Waals surface area contributed by atoms with Crippen LogP contribution in [0.25, 0.3) is 0 Å². The van der Waals surface area contributed by atoms with E-state index < -0.39 is 0 Å². The van der Waals surface area contributed by atoms with Crippen LogP contribution in [0, 0.1) is 0 Å². The second-order valence-electron chi connectivity index (χ2n) is 6.06. The van der Waals surface area contributed by atoms with Gasteiger partial charge in [-0.05, 0) is 37.6 Å². The summed E-state index contributed by atoms with van der Waals surface area (Å²) in [6, 6.07) is 7.85. The molecule has 1 aliphatic rings. The summed E-state index contributed by atoms with van der Waals surface area (Å²) in [5.74, 6) is -0.0600. The van der Waals surface area contributed by atoms with Gasteiger partial charge in [0.2, 0.25) is 5.91 Å². The van der Waals surface area contributed by atoms with Crippen LogP contribution < -0.4 is 11.1 Å². The SMILES string of the molecule is CCN(CC)C(CNC(=O)[C@@H]1CC[C@H](CN)O1)c1ccccc1Cl. The minimum Gasteiger partial charge on any atom is -0.364 e. The van der Waals surface area contributed by atoms with E-state index in [9.17, 15) is 4.79 Å². The zero-order valence-corrected chi connectivity index (χ0v) is 15.3. The predicted molar refractivity (Wildman–Crippen MR) is 97.1 cm³/mol. The molecule has 3 atom stereocenters. The van der Waals surface area contributed by atoms with Gasteiger partial charge >= 0.3 is 0 Å². The van der Waals surface area contributed by atoms with Crippen molar-refractivity contribution >= 4 is 17.5 Å². The highest BCUT2D eigenvalue weighted by molar-refractivity contribution is 6.31. The Morgan fingerprint density at radius 2 is 2.08 bits per heavy atom. The number of benzene rings is 1. The molecule has 0 radical (unpaired) electrons. The summed E-state index contributed by atoms with van der Waals surface area (Å²) in [5, 5.41) is 3.76. The molecule has 0 bridgehead atoms. The molecule has 0 saturated carbocycles. The molecule has 2 rings (SSSR count). The van der Waals surface area contributed by atoms with Crippen molar-refractivity contribution in [2.24, 2.45) is 5.73 Å². The number of carbonyl (C=O) groups excluding carboxylic acids is 1. The van der Waals surface area contributed by atoms with Crippen LogP contribution in [-0.4, -0.2) is 49.2 Å². The van der Waals surface area contributed by atoms with E-state index >= 15 is 0 Å². The Morgan fingerprint density at radius 3 is 2.67 bits per heavy atom. The first kappa shape index (κ1) is 19.2. The van der Waals surface area contributed by atoms with Crippen LogP contribution in [0.15, 0.2) is 24.3 Å². The number of nitrogens with zero attached hydrogens (tertiary/aromatic N) is 1. The van der Waals surface area contributed by atoms with Crippen molar-refractivity contribution in [1.29, 1.82) is 0 Å². The van der Waals surface area contributed by atoms with Gasteiger partial charge < -0.3 is 15.8 Å². The van der Waals surface area contributed by atoms with E-state index in [0.29, 0.717) is 13.1 Å². The minimum atomic E-state index is -0.387. The smallest absolute Gasteiger partial charge is 0.249 e. The largest absolute Gasteiger partial charge is 0.364 e. The predicted octanol–water partition coefficient (Wildman–Crippen LogP) is 2.35. The highest BCUT2D eigenvalue weighted by Gasteiger charge is 2.30. The molecule has 0 spiro atoms. The fourth-order valence-electron chi connectivity index (χ4n) is 3.23. The maximum Gasteiger partial charge on any atom is 0.249 e. The molecule has 1 amide bonds. The monoisotopic (exact) mass is 353 g/mol. The van der Waals surface area contributed by atoms with Gasteiger partial charge in [-0.25, -0.2) is 0 Å². The van der Waals surface area contributed by atoms with Crippen molar-refractivity contribution in [2.75, 3.05) is 26.2 Å². The topological polar surface area (TPSA) is 67.6 Å². The van der Waals surface area contributed by atoms with E-state index in [0.717, 1.165) is 36.5 Å². The number of nitrogens with one attached hydrogen (secondary N) is 1. The van der Waals surface area contributed by atoms with Gasteiger partial charge in [0.1, 0.15) is 6.10 Å². The summed E-state index contributed by atoms with van der Waals surface area (Å²) in [4.78, 5) is 14.7. The number of ether oxygens (including phenoxy) is 1. The zero-order chi connectivity index (χ0) is 17.5. The van der Waals surface area contributed by atoms with Crippen LogP contribution in [0.5, 0.6) is 0 Å². The summed E-state index contributed by atoms with van der Waals surface area (Å²) in [6.45, 7) is 6.97. The molecule has 134 valence electrons. The molecule has 1 unspecified atom stereocenters. The maximum absolute atomic E-state index is 12.4. The summed E-state index contributed by atoms with van der Waals surface area (Å²) >= 11 is 6.38. The fraction of sp³-hybridized carbons (Fsp3) is 0.611. The minimum absolute atomic E-state index is 0.00268. The first-order valence-corrected chi connectivity index (χ1v) is 9.10. The molecule has 6 heteroatoms. The molecular weight excluding hydrogens is 326 g/mol. The zero-order valence-electron chi connectivity index (χ0n) is 14.5. The molecule has 1 aliphatic heterocycles. The number of rotatable bonds is 8. The van der Waals surface area contributed by atoms with Crippen LogP contribution in [0.3, 0.4) is 0 Å². The highest BCUT2D eigenvalue weighted by atomic mass is 35.5. The standard InChI is InChI=1S/C18H28ClN3O2/c1-3-22(4-2)16(14-7-5-6-8-15(14)19)12-21-18(23)17-10-9-13(11-20)24-17/h5-8,13,16-17H,3-4,9-12,20H2,1-2H3,(H,21,23)/t13-,16?,17+/m1/s1. The molecule has 5 nitrogen and oxygen atoms in total. The Kier molecular flexibility index (Phi) is 7.49. The molecule has 1 aromatic carbocycles. The molecule has 1 saturated heterocycles. The second kappa shape index (κ2) is 9.37. The molecular formula is C18H28ClN3O2. The third kappa shape index (κ3) is 4.70. The van der Waals surface area contributed by atoms with Crippen molar-refractivity contribution in [2.45, 2.75) is 44.9 Å². The van der Waals surface area contributed by atoms with Gasteiger partial charge in [-0.3, -0.25) is 9.69 Å². The number of halogens is 1. The number of hydrogen-bond donors (Lipinski definition) is 2. The lowest BCUT2D eigenvalue weighted by Gasteiger charge is -2.31. The van der Waals surface area contributed by atoms with Crippen molar-refractivity contribution < 1.29 is 9.53 Å². The van der Waals surface area contributed by atoms with E-state index in [-0.39, 0.29) is 24.2 Å². The summed E-state index contributed by atoms with van der Waals surface area (Å²) in [6.07, 6.45) is 1.19. The van der Waals surface area contributed by atoms with Gasteiger partial charge in [0.05, 0.1) is 12.1 Å². The van der Waals surface area contributed by atoms with Gasteiger partial charge in [-0.15, -0.1) is 0 Å². The normalized spacial score (nSPS) is 21.9. The number of amides is 1. The molecule has 1 aromatic rings. The molecule has 1 fully saturated rings. The molecule has 0 aromatic heterocycles. The van der Waals surface area contributed by atoms with Crippen LogP contribution >= 0.6 is 11.6 Å². The van der Waals surface area contributed by atoms with Crippen molar-refractivity contribution in [3.63, 3.8) is 0 Å². The maximum atomic E-state index is 12.4. The first-order chi connectivity index (χ1) is 11.6. The fourth-order valence-corrected chi connectivity index (χ4v) is 3.49. The molecule has 1 heterocycles. The lowest BCUT2D eigenvalue weighted by atomic mass is 10.0. The van der Waals surface area contributed by atoms with Gasteiger partial charge in [0.15, 0.2) is 0 Å². The van der Waals surface area contributed by atoms with Crippen LogP contribution in [0.2, 0.25) is 5.02 Å². The van der Waals surface area contributed by atoms with Gasteiger partial charge in [-0.2, -0.15) is 0 Å². The number of hydrogen-bond acceptors (Lipinski definition) is 4. The highest BCUT2D eigenvalue weighted by Crippen LogP contribution is 2.27. The summed E-state index contributed by atoms with van der Waals surface area (Å²) in [7, 11) is 0. The molecule has 24 heavy (non-hydrogen) atoms. The van der Waals surface area contributed by atoms with E-state index in [2.05, 4.69) is 24.1 Å². The number of likely N-dealkylation sites (N-methyl/N-ethyl adjacent to an activating group) is 1. The average Bonchev–Trinajstić information content (AvgIpc) is 3.08. The van der Waals surface area contributed by atoms with Crippen molar-refractivity contribution in [1.82, 2.24) is 10.2 Å². The van der Waals surface area contributed by atoms with E-state index in [4.69, 9.17) is 22.1 Å². The van der Waals surface area contributed by atoms with Gasteiger partial charge in [0, 0.05) is 18.1 Å². The summed E-state index contributed by atoms with van der Waals surface area (Å²) in [5.41, 5.74) is 6.65. The van der Waals surface area contributed by atoms with E-state index in [1.807, 2.05) is 24.3 Å². The lowest BCUT2D eigenvalue weighted by Crippen LogP contribution is -2.42.